The van der Waals surface area contributed by atoms with Gasteiger partial charge in [-0.15, -0.1) is 0 Å². The fraction of sp³-hybridized carbons (Fsp3) is 0.500. The van der Waals surface area contributed by atoms with E-state index >= 15 is 0 Å². The highest BCUT2D eigenvalue weighted by Crippen LogP contribution is 2.27. The molecule has 0 saturated carbocycles. The van der Waals surface area contributed by atoms with Crippen LogP contribution in [0, 0.1) is 20.8 Å². The fourth-order valence-electron chi connectivity index (χ4n) is 3.66. The quantitative estimate of drug-likeness (QED) is 0.798. The number of rotatable bonds is 6. The lowest BCUT2D eigenvalue weighted by Crippen LogP contribution is -2.30. The van der Waals surface area contributed by atoms with Crippen LogP contribution in [-0.4, -0.2) is 54.1 Å². The number of hydrogen-bond acceptors (Lipinski definition) is 5. The van der Waals surface area contributed by atoms with Gasteiger partial charge < -0.3 is 5.32 Å². The third kappa shape index (κ3) is 4.80. The number of nitrogens with zero attached hydrogens (tertiary/aromatic N) is 3. The van der Waals surface area contributed by atoms with Crippen molar-refractivity contribution in [2.45, 2.75) is 39.8 Å². The summed E-state index contributed by atoms with van der Waals surface area (Å²) < 4.78 is 25.4. The minimum absolute atomic E-state index is 0.0732. The minimum atomic E-state index is -2.96. The lowest BCUT2D eigenvalue weighted by molar-refractivity contribution is -0.117. The van der Waals surface area contributed by atoms with Gasteiger partial charge in [0.25, 0.3) is 0 Å². The van der Waals surface area contributed by atoms with Crippen LogP contribution in [0.4, 0.5) is 5.69 Å². The number of nitrogens with one attached hydrogen (secondary N) is 1. The summed E-state index contributed by atoms with van der Waals surface area (Å²) in [6.07, 6.45) is 0.610. The maximum atomic E-state index is 12.3. The second-order valence-electron chi connectivity index (χ2n) is 7.74. The summed E-state index contributed by atoms with van der Waals surface area (Å²) >= 11 is 0. The Hall–Kier alpha value is -2.19. The van der Waals surface area contributed by atoms with Gasteiger partial charge in [-0.1, -0.05) is 17.7 Å². The largest absolute Gasteiger partial charge is 0.325 e. The second-order valence-corrected chi connectivity index (χ2v) is 9.97. The van der Waals surface area contributed by atoms with E-state index in [0.29, 0.717) is 13.0 Å². The molecule has 1 N–H and O–H groups in total. The van der Waals surface area contributed by atoms with Gasteiger partial charge in [0, 0.05) is 23.5 Å². The van der Waals surface area contributed by atoms with Crippen LogP contribution in [0.5, 0.6) is 0 Å². The highest BCUT2D eigenvalue weighted by molar-refractivity contribution is 7.91. The lowest BCUT2D eigenvalue weighted by atomic mass is 10.1. The molecular weight excluding hydrogens is 376 g/mol. The maximum absolute atomic E-state index is 12.3. The topological polar surface area (TPSA) is 84.3 Å². The predicted octanol–water partition coefficient (Wildman–Crippen LogP) is 2.24. The van der Waals surface area contributed by atoms with Crippen LogP contribution >= 0.6 is 0 Å². The predicted molar refractivity (Wildman–Crippen MR) is 110 cm³/mol. The summed E-state index contributed by atoms with van der Waals surface area (Å²) in [5.41, 5.74) is 4.84. The monoisotopic (exact) mass is 404 g/mol. The number of amides is 1. The molecule has 1 aromatic carbocycles. The number of anilines is 1. The van der Waals surface area contributed by atoms with Gasteiger partial charge in [-0.2, -0.15) is 5.10 Å². The molecule has 1 aliphatic heterocycles. The van der Waals surface area contributed by atoms with Crippen molar-refractivity contribution in [3.05, 3.63) is 46.8 Å². The molecule has 0 unspecified atom stereocenters. The van der Waals surface area contributed by atoms with Gasteiger partial charge in [-0.25, -0.2) is 8.42 Å². The molecule has 2 aromatic rings. The molecule has 1 aromatic heterocycles. The summed E-state index contributed by atoms with van der Waals surface area (Å²) in [7, 11) is -1.07. The van der Waals surface area contributed by atoms with Crippen molar-refractivity contribution in [3.63, 3.8) is 0 Å². The summed E-state index contributed by atoms with van der Waals surface area (Å²) in [5.74, 6) is 0.309. The van der Waals surface area contributed by atoms with E-state index in [1.807, 2.05) is 61.7 Å². The highest BCUT2D eigenvalue weighted by atomic mass is 32.2. The smallest absolute Gasteiger partial charge is 0.238 e. The minimum Gasteiger partial charge on any atom is -0.325 e. The van der Waals surface area contributed by atoms with Gasteiger partial charge in [-0.3, -0.25) is 14.4 Å². The standard InChI is InChI=1S/C20H28N4O3S/c1-14-5-7-17(8-6-14)21-20(25)12-23(4)11-19-15(2)22-24(16(19)3)18-9-10-28(26,27)13-18/h5-8,18H,9-13H2,1-4H3,(H,21,25)/t18-/m0/s1. The Bertz CT molecular complexity index is 964. The number of benzene rings is 1. The van der Waals surface area contributed by atoms with Gasteiger partial charge >= 0.3 is 0 Å². The molecule has 0 spiro atoms. The summed E-state index contributed by atoms with van der Waals surface area (Å²) in [5, 5.41) is 7.50. The average molecular weight is 405 g/mol. The number of carbonyl (C=O) groups is 1. The Morgan fingerprint density at radius 1 is 1.25 bits per heavy atom. The summed E-state index contributed by atoms with van der Waals surface area (Å²) in [6, 6.07) is 7.61. The number of aromatic nitrogens is 2. The Morgan fingerprint density at radius 2 is 1.93 bits per heavy atom. The second kappa shape index (κ2) is 8.05. The fourth-order valence-corrected chi connectivity index (χ4v) is 5.35. The van der Waals surface area contributed by atoms with Gasteiger partial charge in [-0.05, 0) is 46.4 Å². The number of sulfone groups is 1. The summed E-state index contributed by atoms with van der Waals surface area (Å²) in [4.78, 5) is 14.3. The first-order valence-corrected chi connectivity index (χ1v) is 11.3. The van der Waals surface area contributed by atoms with E-state index in [1.54, 1.807) is 0 Å². The van der Waals surface area contributed by atoms with E-state index in [2.05, 4.69) is 10.4 Å². The van der Waals surface area contributed by atoms with E-state index in [1.165, 1.54) is 0 Å². The van der Waals surface area contributed by atoms with Gasteiger partial charge in [0.15, 0.2) is 9.84 Å². The van der Waals surface area contributed by atoms with Gasteiger partial charge in [0.05, 0.1) is 29.8 Å². The SMILES string of the molecule is Cc1ccc(NC(=O)CN(C)Cc2c(C)nn([C@H]3CCS(=O)(=O)C3)c2C)cc1. The Kier molecular flexibility index (Phi) is 5.90. The first-order valence-electron chi connectivity index (χ1n) is 9.44. The van der Waals surface area contributed by atoms with E-state index in [9.17, 15) is 13.2 Å². The van der Waals surface area contributed by atoms with Crippen LogP contribution in [-0.2, 0) is 21.2 Å². The molecule has 0 aliphatic carbocycles. The van der Waals surface area contributed by atoms with Crippen molar-refractivity contribution in [2.24, 2.45) is 0 Å². The zero-order chi connectivity index (χ0) is 20.5. The molecule has 1 amide bonds. The Balaban J connectivity index is 1.63. The number of likely N-dealkylation sites (N-methyl/N-ethyl adjacent to an activating group) is 1. The van der Waals surface area contributed by atoms with Crippen molar-refractivity contribution in [3.8, 4) is 0 Å². The Labute approximate surface area is 166 Å². The molecule has 1 atom stereocenters. The molecule has 3 rings (SSSR count). The molecule has 0 bridgehead atoms. The molecule has 8 heteroatoms. The molecule has 152 valence electrons. The van der Waals surface area contributed by atoms with Crippen LogP contribution in [0.3, 0.4) is 0 Å². The molecule has 1 fully saturated rings. The first-order chi connectivity index (χ1) is 13.1. The zero-order valence-corrected chi connectivity index (χ0v) is 17.7. The molecule has 1 saturated heterocycles. The first kappa shape index (κ1) is 20.5. The van der Waals surface area contributed by atoms with Crippen molar-refractivity contribution in [1.29, 1.82) is 0 Å². The van der Waals surface area contributed by atoms with Crippen molar-refractivity contribution in [1.82, 2.24) is 14.7 Å². The van der Waals surface area contributed by atoms with Gasteiger partial charge in [0.2, 0.25) is 5.91 Å². The van der Waals surface area contributed by atoms with Gasteiger partial charge in [0.1, 0.15) is 0 Å². The molecule has 0 radical (unpaired) electrons. The van der Waals surface area contributed by atoms with E-state index in [-0.39, 0.29) is 30.0 Å². The molecule has 28 heavy (non-hydrogen) atoms. The average Bonchev–Trinajstić information content (AvgIpc) is 3.10. The third-order valence-electron chi connectivity index (χ3n) is 5.21. The van der Waals surface area contributed by atoms with E-state index in [4.69, 9.17) is 0 Å². The highest BCUT2D eigenvalue weighted by Gasteiger charge is 2.31. The summed E-state index contributed by atoms with van der Waals surface area (Å²) in [6.45, 7) is 6.75. The van der Waals surface area contributed by atoms with E-state index in [0.717, 1.165) is 28.2 Å². The lowest BCUT2D eigenvalue weighted by Gasteiger charge is -2.17. The number of hydrogen-bond donors (Lipinski definition) is 1. The molecule has 7 nitrogen and oxygen atoms in total. The molecular formula is C20H28N4O3S. The van der Waals surface area contributed by atoms with Crippen LogP contribution in [0.1, 0.15) is 35.0 Å². The van der Waals surface area contributed by atoms with Crippen LogP contribution in [0.2, 0.25) is 0 Å². The van der Waals surface area contributed by atoms with E-state index < -0.39 is 9.84 Å². The van der Waals surface area contributed by atoms with Crippen LogP contribution in [0.15, 0.2) is 24.3 Å². The van der Waals surface area contributed by atoms with Crippen LogP contribution in [0.25, 0.3) is 0 Å². The number of aryl methyl sites for hydroxylation is 2. The number of carbonyl (C=O) groups excluding carboxylic acids is 1. The van der Waals surface area contributed by atoms with Crippen molar-refractivity contribution in [2.75, 3.05) is 30.4 Å². The van der Waals surface area contributed by atoms with Crippen molar-refractivity contribution >= 4 is 21.4 Å². The zero-order valence-electron chi connectivity index (χ0n) is 16.9. The van der Waals surface area contributed by atoms with Crippen molar-refractivity contribution < 1.29 is 13.2 Å². The molecule has 2 heterocycles. The maximum Gasteiger partial charge on any atom is 0.238 e. The third-order valence-corrected chi connectivity index (χ3v) is 6.96. The molecule has 1 aliphatic rings. The van der Waals surface area contributed by atoms with Crippen LogP contribution < -0.4 is 5.32 Å². The Morgan fingerprint density at radius 3 is 2.54 bits per heavy atom. The normalized spacial score (nSPS) is 18.5.